The maximum atomic E-state index is 5.96. The van der Waals surface area contributed by atoms with Crippen LogP contribution in [0.2, 0.25) is 0 Å². The van der Waals surface area contributed by atoms with Crippen LogP contribution in [0.5, 0.6) is 0 Å². The average molecular weight is 282 g/mol. The number of anilines is 2. The molecule has 2 rings (SSSR count). The summed E-state index contributed by atoms with van der Waals surface area (Å²) in [5.41, 5.74) is 7.23. The van der Waals surface area contributed by atoms with Crippen molar-refractivity contribution in [1.82, 2.24) is 9.27 Å². The van der Waals surface area contributed by atoms with Gasteiger partial charge < -0.3 is 11.1 Å². The van der Waals surface area contributed by atoms with E-state index in [4.69, 9.17) is 5.73 Å². The Labute approximate surface area is 120 Å². The topological polar surface area (TPSA) is 54.2 Å². The van der Waals surface area contributed by atoms with Gasteiger partial charge in [-0.25, -0.2) is 0 Å². The molecular formula is C14H26N4S. The summed E-state index contributed by atoms with van der Waals surface area (Å²) in [7, 11) is 0. The summed E-state index contributed by atoms with van der Waals surface area (Å²) in [5, 5.41) is 4.72. The third-order valence-electron chi connectivity index (χ3n) is 3.72. The van der Waals surface area contributed by atoms with E-state index in [9.17, 15) is 0 Å². The van der Waals surface area contributed by atoms with Gasteiger partial charge in [-0.1, -0.05) is 0 Å². The van der Waals surface area contributed by atoms with Crippen LogP contribution in [-0.2, 0) is 0 Å². The Morgan fingerprint density at radius 2 is 1.95 bits per heavy atom. The molecule has 0 atom stereocenters. The van der Waals surface area contributed by atoms with E-state index in [-0.39, 0.29) is 0 Å². The zero-order valence-electron chi connectivity index (χ0n) is 12.4. The Kier molecular flexibility index (Phi) is 4.68. The molecule has 1 aliphatic carbocycles. The normalized spacial score (nSPS) is 15.7. The molecular weight excluding hydrogens is 256 g/mol. The maximum Gasteiger partial charge on any atom is 0.142 e. The molecule has 1 heterocycles. The number of hydrogen-bond donors (Lipinski definition) is 2. The maximum absolute atomic E-state index is 5.96. The minimum absolute atomic E-state index is 0.580. The fourth-order valence-corrected chi connectivity index (χ4v) is 3.44. The number of hydrogen-bond acceptors (Lipinski definition) is 5. The van der Waals surface area contributed by atoms with Crippen LogP contribution in [0.3, 0.4) is 0 Å². The van der Waals surface area contributed by atoms with Crippen molar-refractivity contribution in [3.05, 3.63) is 5.56 Å². The van der Waals surface area contributed by atoms with Gasteiger partial charge in [0.25, 0.3) is 0 Å². The smallest absolute Gasteiger partial charge is 0.142 e. The van der Waals surface area contributed by atoms with Crippen LogP contribution < -0.4 is 11.1 Å². The average Bonchev–Trinajstić information content (AvgIpc) is 3.09. The van der Waals surface area contributed by atoms with Gasteiger partial charge in [-0.3, -0.25) is 4.90 Å². The first-order chi connectivity index (χ1) is 9.00. The number of nitrogen functional groups attached to an aromatic ring is 1. The van der Waals surface area contributed by atoms with E-state index < -0.39 is 0 Å². The molecule has 1 aliphatic rings. The van der Waals surface area contributed by atoms with Crippen molar-refractivity contribution in [2.24, 2.45) is 0 Å². The number of aromatic nitrogens is 1. The first kappa shape index (κ1) is 14.6. The summed E-state index contributed by atoms with van der Waals surface area (Å²) in [6.07, 6.45) is 2.53. The highest BCUT2D eigenvalue weighted by Gasteiger charge is 2.30. The highest BCUT2D eigenvalue weighted by Crippen LogP contribution is 2.47. The molecule has 3 N–H and O–H groups in total. The molecule has 1 saturated carbocycles. The largest absolute Gasteiger partial charge is 0.383 e. The van der Waals surface area contributed by atoms with E-state index in [1.165, 1.54) is 34.9 Å². The molecule has 4 nitrogen and oxygen atoms in total. The lowest BCUT2D eigenvalue weighted by molar-refractivity contribution is 0.182. The summed E-state index contributed by atoms with van der Waals surface area (Å²) >= 11 is 1.51. The second kappa shape index (κ2) is 6.09. The number of nitrogens with one attached hydrogen (secondary N) is 1. The molecule has 0 amide bonds. The van der Waals surface area contributed by atoms with E-state index in [0.29, 0.717) is 18.0 Å². The Hall–Kier alpha value is -0.810. The number of nitrogens with two attached hydrogens (primary N) is 1. The van der Waals surface area contributed by atoms with Crippen LogP contribution in [0, 0.1) is 0 Å². The molecule has 0 bridgehead atoms. The van der Waals surface area contributed by atoms with Crippen molar-refractivity contribution in [2.75, 3.05) is 24.1 Å². The number of nitrogens with zero attached hydrogens (tertiary/aromatic N) is 2. The lowest BCUT2D eigenvalue weighted by atomic mass is 10.2. The molecule has 5 heteroatoms. The summed E-state index contributed by atoms with van der Waals surface area (Å²) in [6, 6.07) is 1.16. The lowest BCUT2D eigenvalue weighted by Crippen LogP contribution is -2.40. The van der Waals surface area contributed by atoms with Gasteiger partial charge in [0, 0.05) is 30.7 Å². The molecule has 0 aromatic carbocycles. The predicted molar refractivity (Wildman–Crippen MR) is 84.0 cm³/mol. The SMILES string of the molecule is CC(C)N(CCNc1snc(N)c1C1CC1)C(C)C. The summed E-state index contributed by atoms with van der Waals surface area (Å²) in [5.74, 6) is 1.40. The van der Waals surface area contributed by atoms with Gasteiger partial charge in [0.2, 0.25) is 0 Å². The summed E-state index contributed by atoms with van der Waals surface area (Å²) in [6.45, 7) is 11.0. The highest BCUT2D eigenvalue weighted by atomic mass is 32.1. The Morgan fingerprint density at radius 3 is 2.47 bits per heavy atom. The van der Waals surface area contributed by atoms with Gasteiger partial charge in [-0.15, -0.1) is 0 Å². The van der Waals surface area contributed by atoms with Gasteiger partial charge in [0.05, 0.1) is 0 Å². The van der Waals surface area contributed by atoms with E-state index in [0.717, 1.165) is 18.9 Å². The Bertz CT molecular complexity index is 402. The molecule has 108 valence electrons. The van der Waals surface area contributed by atoms with Crippen molar-refractivity contribution >= 4 is 22.4 Å². The molecule has 0 spiro atoms. The first-order valence-corrected chi connectivity index (χ1v) is 8.02. The molecule has 0 radical (unpaired) electrons. The van der Waals surface area contributed by atoms with Gasteiger partial charge in [-0.05, 0) is 58.0 Å². The van der Waals surface area contributed by atoms with Gasteiger partial charge in [-0.2, -0.15) is 4.37 Å². The molecule has 1 fully saturated rings. The van der Waals surface area contributed by atoms with Crippen molar-refractivity contribution in [2.45, 2.75) is 58.5 Å². The first-order valence-electron chi connectivity index (χ1n) is 7.25. The second-order valence-electron chi connectivity index (χ2n) is 5.94. The minimum atomic E-state index is 0.580. The molecule has 1 aromatic heterocycles. The molecule has 0 aliphatic heterocycles. The van der Waals surface area contributed by atoms with Crippen molar-refractivity contribution in [1.29, 1.82) is 0 Å². The van der Waals surface area contributed by atoms with Crippen LogP contribution in [0.25, 0.3) is 0 Å². The summed E-state index contributed by atoms with van der Waals surface area (Å²) < 4.78 is 4.29. The van der Waals surface area contributed by atoms with Crippen molar-refractivity contribution in [3.63, 3.8) is 0 Å². The minimum Gasteiger partial charge on any atom is -0.383 e. The van der Waals surface area contributed by atoms with Gasteiger partial charge >= 0.3 is 0 Å². The van der Waals surface area contributed by atoms with E-state index in [1.807, 2.05) is 0 Å². The standard InChI is InChI=1S/C14H26N4S/c1-9(2)18(10(3)4)8-7-16-14-12(11-5-6-11)13(15)17-19-14/h9-11,16H,5-8H2,1-4H3,(H2,15,17). The fraction of sp³-hybridized carbons (Fsp3) is 0.786. The summed E-state index contributed by atoms with van der Waals surface area (Å²) in [4.78, 5) is 2.49. The fourth-order valence-electron chi connectivity index (χ4n) is 2.61. The van der Waals surface area contributed by atoms with Crippen LogP contribution in [0.1, 0.15) is 52.0 Å². The van der Waals surface area contributed by atoms with E-state index >= 15 is 0 Å². The van der Waals surface area contributed by atoms with Crippen LogP contribution in [0.15, 0.2) is 0 Å². The highest BCUT2D eigenvalue weighted by molar-refractivity contribution is 7.10. The Morgan fingerprint density at radius 1 is 1.32 bits per heavy atom. The van der Waals surface area contributed by atoms with Gasteiger partial charge in [0.1, 0.15) is 10.8 Å². The van der Waals surface area contributed by atoms with E-state index in [1.54, 1.807) is 0 Å². The number of rotatable bonds is 7. The monoisotopic (exact) mass is 282 g/mol. The molecule has 19 heavy (non-hydrogen) atoms. The molecule has 1 aromatic rings. The quantitative estimate of drug-likeness (QED) is 0.807. The zero-order valence-corrected chi connectivity index (χ0v) is 13.3. The predicted octanol–water partition coefficient (Wildman–Crippen LogP) is 3.13. The van der Waals surface area contributed by atoms with Crippen LogP contribution in [-0.4, -0.2) is 34.4 Å². The lowest BCUT2D eigenvalue weighted by Gasteiger charge is -2.30. The third-order valence-corrected chi connectivity index (χ3v) is 4.56. The van der Waals surface area contributed by atoms with Crippen LogP contribution in [0.4, 0.5) is 10.8 Å². The molecule has 0 saturated heterocycles. The molecule has 0 unspecified atom stereocenters. The van der Waals surface area contributed by atoms with Crippen molar-refractivity contribution < 1.29 is 0 Å². The van der Waals surface area contributed by atoms with Crippen molar-refractivity contribution in [3.8, 4) is 0 Å². The Balaban J connectivity index is 1.88. The van der Waals surface area contributed by atoms with E-state index in [2.05, 4.69) is 42.3 Å². The third kappa shape index (κ3) is 3.60. The van der Waals surface area contributed by atoms with Crippen LogP contribution >= 0.6 is 11.5 Å². The zero-order chi connectivity index (χ0) is 14.0. The second-order valence-corrected chi connectivity index (χ2v) is 6.71. The van der Waals surface area contributed by atoms with Gasteiger partial charge in [0.15, 0.2) is 0 Å².